The molecule has 4 N–H and O–H groups in total. The topological polar surface area (TPSA) is 214 Å². The molecule has 0 saturated carbocycles. The van der Waals surface area contributed by atoms with Crippen molar-refractivity contribution in [2.24, 2.45) is 17.8 Å². The molecule has 6 aliphatic heterocycles. The summed E-state index contributed by atoms with van der Waals surface area (Å²) < 4.78 is 43.2. The molecule has 334 valence electrons. The maximum Gasteiger partial charge on any atom is 0.312 e. The normalized spacial score (nSPS) is 31.2. The number of piperidine rings is 1. The predicted octanol–water partition coefficient (Wildman–Crippen LogP) is 5.85. The molecular weight excluding hydrogens is 815 g/mol. The number of ketones is 1. The van der Waals surface area contributed by atoms with Gasteiger partial charge in [0, 0.05) is 61.3 Å². The van der Waals surface area contributed by atoms with Crippen LogP contribution in [0.25, 0.3) is 33.3 Å². The lowest BCUT2D eigenvalue weighted by Crippen LogP contribution is -2.46. The number of ether oxygens (including phenoxy) is 6. The Morgan fingerprint density at radius 2 is 1.76 bits per heavy atom. The number of allylic oxidation sites excluding steroid dienone is 2. The van der Waals surface area contributed by atoms with Crippen LogP contribution in [0.5, 0.6) is 17.2 Å². The van der Waals surface area contributed by atoms with Crippen molar-refractivity contribution in [2.75, 3.05) is 25.5 Å². The molecule has 0 aromatic heterocycles. The Morgan fingerprint density at radius 3 is 2.48 bits per heavy atom. The highest BCUT2D eigenvalue weighted by Crippen LogP contribution is 2.50. The number of methoxy groups -OCH3 is 1. The fourth-order valence-electron chi connectivity index (χ4n) is 9.14. The van der Waals surface area contributed by atoms with Crippen LogP contribution in [-0.4, -0.2) is 95.5 Å². The molecule has 2 saturated heterocycles. The summed E-state index contributed by atoms with van der Waals surface area (Å²) >= 11 is 0. The summed E-state index contributed by atoms with van der Waals surface area (Å²) in [6.07, 6.45) is 5.26. The van der Waals surface area contributed by atoms with E-state index < -0.39 is 71.1 Å². The number of aliphatic hydroxyl groups is 1. The van der Waals surface area contributed by atoms with Gasteiger partial charge in [-0.25, -0.2) is 4.98 Å². The number of esters is 1. The summed E-state index contributed by atoms with van der Waals surface area (Å²) in [6.45, 7) is 12.9. The van der Waals surface area contributed by atoms with Crippen molar-refractivity contribution in [3.05, 3.63) is 75.7 Å². The Balaban J connectivity index is 1.31. The quantitative estimate of drug-likeness (QED) is 0.108. The molecule has 9 atom stereocenters. The zero-order chi connectivity index (χ0) is 45.1. The summed E-state index contributed by atoms with van der Waals surface area (Å²) in [5.74, 6) is -5.37. The molecule has 0 radical (unpaired) electrons. The van der Waals surface area contributed by atoms with Crippen molar-refractivity contribution in [3.63, 3.8) is 0 Å². The Kier molecular flexibility index (Phi) is 11.9. The lowest BCUT2D eigenvalue weighted by atomic mass is 9.86. The summed E-state index contributed by atoms with van der Waals surface area (Å²) in [7, 11) is 1.46. The molecule has 9 rings (SSSR count). The van der Waals surface area contributed by atoms with Crippen LogP contribution in [0.4, 0.5) is 5.69 Å². The van der Waals surface area contributed by atoms with Gasteiger partial charge in [-0.2, -0.15) is 0 Å². The van der Waals surface area contributed by atoms with Crippen LogP contribution in [0.1, 0.15) is 70.3 Å². The third-order valence-corrected chi connectivity index (χ3v) is 12.8. The van der Waals surface area contributed by atoms with E-state index >= 15 is 0 Å². The first kappa shape index (κ1) is 43.8. The number of amides is 1. The monoisotopic (exact) mass is 867 g/mol. The molecular formula is C47H53N3O13. The first-order chi connectivity index (χ1) is 30.0. The van der Waals surface area contributed by atoms with Gasteiger partial charge < -0.3 is 53.7 Å². The number of nitrogens with zero attached hydrogens (tertiary/aromatic N) is 1. The molecule has 63 heavy (non-hydrogen) atoms. The van der Waals surface area contributed by atoms with Crippen LogP contribution in [0, 0.1) is 24.7 Å². The highest BCUT2D eigenvalue weighted by molar-refractivity contribution is 6.22. The van der Waals surface area contributed by atoms with Gasteiger partial charge in [-0.3, -0.25) is 19.2 Å². The van der Waals surface area contributed by atoms with E-state index in [0.717, 1.165) is 25.9 Å². The van der Waals surface area contributed by atoms with Crippen molar-refractivity contribution in [1.29, 1.82) is 0 Å². The van der Waals surface area contributed by atoms with E-state index in [4.69, 9.17) is 37.8 Å². The number of rotatable bonds is 4. The molecule has 16 heteroatoms. The summed E-state index contributed by atoms with van der Waals surface area (Å²) in [4.78, 5) is 60.8. The number of Topliss-reactive ketones (excluding diaryl/α,β-unsaturated/α-hetero) is 1. The zero-order valence-corrected chi connectivity index (χ0v) is 36.5. The number of phenolic OH excluding ortho intramolecular Hbond substituents is 1. The number of aromatic hydroxyl groups is 1. The number of aromatic nitrogens is 1. The van der Waals surface area contributed by atoms with Gasteiger partial charge in [0.05, 0.1) is 35.5 Å². The van der Waals surface area contributed by atoms with E-state index in [0.29, 0.717) is 11.3 Å². The van der Waals surface area contributed by atoms with Gasteiger partial charge in [-0.15, -0.1) is 0 Å². The van der Waals surface area contributed by atoms with Crippen molar-refractivity contribution in [1.82, 2.24) is 10.3 Å². The summed E-state index contributed by atoms with van der Waals surface area (Å²) in [5, 5.41) is 29.0. The lowest BCUT2D eigenvalue weighted by molar-refractivity contribution is -0.168. The predicted molar refractivity (Wildman–Crippen MR) is 231 cm³/mol. The number of hydrogen-bond donors (Lipinski definition) is 4. The van der Waals surface area contributed by atoms with Crippen molar-refractivity contribution >= 4 is 45.2 Å². The van der Waals surface area contributed by atoms with Crippen LogP contribution in [0.15, 0.2) is 63.6 Å². The van der Waals surface area contributed by atoms with Crippen LogP contribution < -0.4 is 25.5 Å². The molecule has 6 heterocycles. The van der Waals surface area contributed by atoms with E-state index in [-0.39, 0.29) is 73.9 Å². The average molecular weight is 868 g/mol. The third kappa shape index (κ3) is 7.83. The standard InChI is InChI=1S/C47H53N3O13/c1-21-10-9-11-22(2)46(56)50-36-39(54)33-32(35-43(36)61-31-20-28(12-13-29(31)49-35)60-27-14-17-48-18-15-27)34-41(24(4)37(33)52)63-47(7,45(34)55)58-19-16-30(57-8)23(3)42(59-26(6)51)44-38(53)25(5)40(21)62-44/h9-13,16,19-21,23,25,27,30,38,40,42,44,48,52-53H,14-15,17-18H2,1-8H3,(H,50,56)/b10-9+,19-16+,22-11-/t21-,23+,25-,30-,38+,40-,42+,44+,47-/m0/s1. The van der Waals surface area contributed by atoms with Crippen LogP contribution in [0.2, 0.25) is 0 Å². The number of phenols is 1. The number of anilines is 1. The van der Waals surface area contributed by atoms with Gasteiger partial charge in [0.2, 0.25) is 5.43 Å². The zero-order valence-electron chi connectivity index (χ0n) is 36.5. The number of fused-ring (bicyclic) bond motifs is 9. The highest BCUT2D eigenvalue weighted by atomic mass is 16.7. The van der Waals surface area contributed by atoms with Crippen molar-refractivity contribution in [2.45, 2.75) is 104 Å². The molecule has 7 bridgehead atoms. The minimum Gasteiger partial charge on any atom is -0.507 e. The number of aliphatic hydroxyl groups excluding tert-OH is 1. The van der Waals surface area contributed by atoms with Gasteiger partial charge >= 0.3 is 11.8 Å². The average Bonchev–Trinajstić information content (AvgIpc) is 3.70. The van der Waals surface area contributed by atoms with Crippen molar-refractivity contribution in [3.8, 4) is 28.7 Å². The Labute approximate surface area is 363 Å². The first-order valence-electron chi connectivity index (χ1n) is 21.3. The van der Waals surface area contributed by atoms with Crippen molar-refractivity contribution < 1.29 is 57.4 Å². The largest absolute Gasteiger partial charge is 0.507 e. The number of nitrogens with one attached hydrogen (secondary N) is 2. The van der Waals surface area contributed by atoms with Crippen LogP contribution in [-0.2, 0) is 28.5 Å². The Morgan fingerprint density at radius 1 is 1.02 bits per heavy atom. The van der Waals surface area contributed by atoms with Crippen LogP contribution >= 0.6 is 0 Å². The molecule has 7 aliphatic rings. The van der Waals surface area contributed by atoms with Gasteiger partial charge in [-0.1, -0.05) is 39.0 Å². The number of carbonyl (C=O) groups excluding carboxylic acids is 3. The number of carbonyl (C=O) groups is 3. The molecule has 1 aliphatic carbocycles. The number of hydrogen-bond acceptors (Lipinski definition) is 15. The van der Waals surface area contributed by atoms with Gasteiger partial charge in [0.25, 0.3) is 11.7 Å². The second-order valence-corrected chi connectivity index (χ2v) is 17.1. The molecule has 16 nitrogen and oxygen atoms in total. The Bertz CT molecular complexity index is 2610. The SMILES string of the molecule is CO[C@H]1/C=C/O[C@@]2(C)Oc3c(C)c(O)c4c(=O)c(c5oc6cc(OC7CCNCC7)ccc6nc-5c4c3C2=O)NC(=O)/C(C)=C\C=C\[C@H](C)[C@@H]2O[C@H]([C@H](O)[C@@H]2C)[C@H](OC(C)=O)[C@@H]1C. The number of benzene rings is 3. The second kappa shape index (κ2) is 17.1. The van der Waals surface area contributed by atoms with E-state index in [9.17, 15) is 29.4 Å². The van der Waals surface area contributed by atoms with E-state index in [1.54, 1.807) is 44.2 Å². The highest BCUT2D eigenvalue weighted by Gasteiger charge is 2.51. The van der Waals surface area contributed by atoms with E-state index in [1.807, 2.05) is 19.9 Å². The fourth-order valence-corrected chi connectivity index (χ4v) is 9.14. The molecule has 2 fully saturated rings. The van der Waals surface area contributed by atoms with Gasteiger partial charge in [-0.05, 0) is 58.0 Å². The van der Waals surface area contributed by atoms with Gasteiger partial charge in [0.15, 0.2) is 11.3 Å². The van der Waals surface area contributed by atoms with Gasteiger partial charge in [0.1, 0.15) is 52.5 Å². The van der Waals surface area contributed by atoms with E-state index in [1.165, 1.54) is 40.2 Å². The summed E-state index contributed by atoms with van der Waals surface area (Å²) in [6, 6.07) is 5.12. The first-order valence-corrected chi connectivity index (χ1v) is 21.3. The second-order valence-electron chi connectivity index (χ2n) is 17.1. The fraction of sp³-hybridized carbons (Fsp3) is 0.468. The van der Waals surface area contributed by atoms with E-state index in [2.05, 4.69) is 10.6 Å². The molecule has 2 aromatic rings. The molecule has 0 spiro atoms. The Hall–Kier alpha value is -5.81. The third-order valence-electron chi connectivity index (χ3n) is 12.8. The molecule has 1 amide bonds. The summed E-state index contributed by atoms with van der Waals surface area (Å²) in [5.41, 5.74) is -0.323. The lowest BCUT2D eigenvalue weighted by Gasteiger charge is -2.33. The maximum absolute atomic E-state index is 14.8. The molecule has 2 aromatic carbocycles. The minimum atomic E-state index is -2.02. The molecule has 0 unspecified atom stereocenters. The maximum atomic E-state index is 14.8. The van der Waals surface area contributed by atoms with Crippen LogP contribution in [0.3, 0.4) is 0 Å². The smallest absolute Gasteiger partial charge is 0.312 e. The minimum absolute atomic E-state index is 0.00704.